The third-order valence-electron chi connectivity index (χ3n) is 3.30. The van der Waals surface area contributed by atoms with E-state index in [2.05, 4.69) is 0 Å². The lowest BCUT2D eigenvalue weighted by Gasteiger charge is -2.27. The summed E-state index contributed by atoms with van der Waals surface area (Å²) in [7, 11) is -3.85. The first-order valence-electron chi connectivity index (χ1n) is 6.60. The number of sulfonamides is 1. The number of nitrogens with two attached hydrogens (primary N) is 2. The Morgan fingerprint density at radius 3 is 2.33 bits per heavy atom. The maximum atomic E-state index is 11.8. The number of para-hydroxylation sites is 1. The molecule has 2 aromatic rings. The molecule has 112 valence electrons. The molecule has 0 spiro atoms. The molecule has 0 fully saturated rings. The summed E-state index contributed by atoms with van der Waals surface area (Å²) in [6.07, 6.45) is 0. The third-order valence-corrected chi connectivity index (χ3v) is 4.24. The van der Waals surface area contributed by atoms with E-state index in [-0.39, 0.29) is 4.90 Å². The topological polar surface area (TPSA) is 89.4 Å². The van der Waals surface area contributed by atoms with E-state index in [1.54, 1.807) is 12.1 Å². The van der Waals surface area contributed by atoms with Crippen LogP contribution in [-0.2, 0) is 10.0 Å². The summed E-state index contributed by atoms with van der Waals surface area (Å²) < 4.78 is 23.7. The Kier molecular flexibility index (Phi) is 4.20. The Balaban J connectivity index is 2.67. The van der Waals surface area contributed by atoms with E-state index >= 15 is 0 Å². The van der Waals surface area contributed by atoms with E-state index in [0.29, 0.717) is 17.9 Å². The second-order valence-corrected chi connectivity index (χ2v) is 6.33. The molecule has 0 bridgehead atoms. The van der Waals surface area contributed by atoms with Gasteiger partial charge >= 0.3 is 0 Å². The number of aryl methyl sites for hydroxylation is 1. The van der Waals surface area contributed by atoms with E-state index in [9.17, 15) is 8.42 Å². The number of nitrogen functional groups attached to an aromatic ring is 1. The Labute approximate surface area is 125 Å². The van der Waals surface area contributed by atoms with Gasteiger partial charge in [0.15, 0.2) is 0 Å². The molecule has 6 heteroatoms. The molecule has 2 rings (SSSR count). The fourth-order valence-corrected chi connectivity index (χ4v) is 3.09. The highest BCUT2D eigenvalue weighted by Gasteiger charge is 2.20. The predicted octanol–water partition coefficient (Wildman–Crippen LogP) is 2.38. The van der Waals surface area contributed by atoms with Crippen molar-refractivity contribution < 1.29 is 8.42 Å². The van der Waals surface area contributed by atoms with Crippen molar-refractivity contribution in [1.82, 2.24) is 0 Å². The van der Waals surface area contributed by atoms with Gasteiger partial charge in [0.05, 0.1) is 5.69 Å². The lowest BCUT2D eigenvalue weighted by molar-refractivity contribution is 0.598. The molecular weight excluding hydrogens is 286 g/mol. The van der Waals surface area contributed by atoms with Gasteiger partial charge in [0.2, 0.25) is 10.0 Å². The molecule has 5 nitrogen and oxygen atoms in total. The van der Waals surface area contributed by atoms with Gasteiger partial charge in [-0.2, -0.15) is 0 Å². The van der Waals surface area contributed by atoms with Crippen LogP contribution in [0, 0.1) is 6.92 Å². The van der Waals surface area contributed by atoms with Crippen LogP contribution < -0.4 is 15.8 Å². The standard InChI is InChI=1S/C15H19N3O2S/c1-3-18(13-7-5-4-6-11(13)2)14-9-8-12(16)10-15(14)21(17,19)20/h4-10H,3,16H2,1-2H3,(H2,17,19,20). The van der Waals surface area contributed by atoms with Crippen LogP contribution >= 0.6 is 0 Å². The number of hydrogen-bond acceptors (Lipinski definition) is 4. The first-order chi connectivity index (χ1) is 9.84. The van der Waals surface area contributed by atoms with Crippen molar-refractivity contribution in [3.63, 3.8) is 0 Å². The van der Waals surface area contributed by atoms with Gasteiger partial charge in [0.1, 0.15) is 4.90 Å². The second kappa shape index (κ2) is 5.75. The fraction of sp³-hybridized carbons (Fsp3) is 0.200. The number of anilines is 3. The van der Waals surface area contributed by atoms with E-state index < -0.39 is 10.0 Å². The molecule has 0 amide bonds. The molecular formula is C15H19N3O2S. The van der Waals surface area contributed by atoms with Crippen molar-refractivity contribution in [1.29, 1.82) is 0 Å². The molecule has 0 saturated carbocycles. The Morgan fingerprint density at radius 2 is 1.76 bits per heavy atom. The number of primary sulfonamides is 1. The van der Waals surface area contributed by atoms with Crippen molar-refractivity contribution in [2.75, 3.05) is 17.2 Å². The molecule has 21 heavy (non-hydrogen) atoms. The zero-order chi connectivity index (χ0) is 15.6. The first-order valence-corrected chi connectivity index (χ1v) is 8.14. The largest absolute Gasteiger partial charge is 0.399 e. The lowest BCUT2D eigenvalue weighted by atomic mass is 10.1. The van der Waals surface area contributed by atoms with E-state index in [1.165, 1.54) is 6.07 Å². The summed E-state index contributed by atoms with van der Waals surface area (Å²) in [5.41, 5.74) is 8.58. The van der Waals surface area contributed by atoms with Crippen LogP contribution in [0.1, 0.15) is 12.5 Å². The zero-order valence-corrected chi connectivity index (χ0v) is 12.9. The molecule has 0 aliphatic carbocycles. The van der Waals surface area contributed by atoms with Crippen molar-refractivity contribution in [3.8, 4) is 0 Å². The van der Waals surface area contributed by atoms with Gasteiger partial charge in [0, 0.05) is 17.9 Å². The van der Waals surface area contributed by atoms with E-state index in [1.807, 2.05) is 43.0 Å². The van der Waals surface area contributed by atoms with E-state index in [4.69, 9.17) is 10.9 Å². The van der Waals surface area contributed by atoms with Crippen molar-refractivity contribution >= 4 is 27.1 Å². The van der Waals surface area contributed by atoms with Crippen LogP contribution in [0.5, 0.6) is 0 Å². The second-order valence-electron chi connectivity index (χ2n) is 4.80. The lowest BCUT2D eigenvalue weighted by Crippen LogP contribution is -2.22. The summed E-state index contributed by atoms with van der Waals surface area (Å²) >= 11 is 0. The van der Waals surface area contributed by atoms with Crippen LogP contribution in [0.3, 0.4) is 0 Å². The molecule has 2 aromatic carbocycles. The highest BCUT2D eigenvalue weighted by Crippen LogP contribution is 2.33. The minimum Gasteiger partial charge on any atom is -0.399 e. The minimum atomic E-state index is -3.85. The summed E-state index contributed by atoms with van der Waals surface area (Å²) in [4.78, 5) is 1.95. The van der Waals surface area contributed by atoms with Gasteiger partial charge < -0.3 is 10.6 Å². The first kappa shape index (κ1) is 15.3. The third kappa shape index (κ3) is 3.17. The molecule has 0 aliphatic heterocycles. The summed E-state index contributed by atoms with van der Waals surface area (Å²) in [6, 6.07) is 12.5. The van der Waals surface area contributed by atoms with Gasteiger partial charge in [-0.15, -0.1) is 0 Å². The Bertz CT molecular complexity index is 757. The van der Waals surface area contributed by atoms with Crippen molar-refractivity contribution in [2.24, 2.45) is 5.14 Å². The summed E-state index contributed by atoms with van der Waals surface area (Å²) in [5.74, 6) is 0. The molecule has 0 aliphatic rings. The maximum absolute atomic E-state index is 11.8. The van der Waals surface area contributed by atoms with Crippen LogP contribution in [0.15, 0.2) is 47.4 Å². The Morgan fingerprint density at radius 1 is 1.10 bits per heavy atom. The van der Waals surface area contributed by atoms with Crippen LogP contribution in [0.2, 0.25) is 0 Å². The van der Waals surface area contributed by atoms with Gasteiger partial charge in [-0.3, -0.25) is 0 Å². The zero-order valence-electron chi connectivity index (χ0n) is 12.1. The molecule has 0 saturated heterocycles. The highest BCUT2D eigenvalue weighted by atomic mass is 32.2. The molecule has 0 unspecified atom stereocenters. The molecule has 0 aromatic heterocycles. The van der Waals surface area contributed by atoms with Crippen LogP contribution in [0.4, 0.5) is 17.1 Å². The molecule has 0 atom stereocenters. The van der Waals surface area contributed by atoms with Gasteiger partial charge in [-0.1, -0.05) is 18.2 Å². The smallest absolute Gasteiger partial charge is 0.240 e. The minimum absolute atomic E-state index is 0.0348. The van der Waals surface area contributed by atoms with Crippen molar-refractivity contribution in [2.45, 2.75) is 18.7 Å². The maximum Gasteiger partial charge on any atom is 0.240 e. The SMILES string of the molecule is CCN(c1ccccc1C)c1ccc(N)cc1S(N)(=O)=O. The number of nitrogens with zero attached hydrogens (tertiary/aromatic N) is 1. The normalized spacial score (nSPS) is 11.4. The Hall–Kier alpha value is -2.05. The average Bonchev–Trinajstić information content (AvgIpc) is 2.42. The van der Waals surface area contributed by atoms with Gasteiger partial charge in [-0.25, -0.2) is 13.6 Å². The van der Waals surface area contributed by atoms with Crippen molar-refractivity contribution in [3.05, 3.63) is 48.0 Å². The molecule has 0 heterocycles. The van der Waals surface area contributed by atoms with Gasteiger partial charge in [0.25, 0.3) is 0 Å². The van der Waals surface area contributed by atoms with Crippen LogP contribution in [-0.4, -0.2) is 15.0 Å². The van der Waals surface area contributed by atoms with Gasteiger partial charge in [-0.05, 0) is 43.7 Å². The summed E-state index contributed by atoms with van der Waals surface area (Å²) in [6.45, 7) is 4.54. The van der Waals surface area contributed by atoms with E-state index in [0.717, 1.165) is 11.3 Å². The molecule has 4 N–H and O–H groups in total. The quantitative estimate of drug-likeness (QED) is 0.849. The monoisotopic (exact) mass is 305 g/mol. The fourth-order valence-electron chi connectivity index (χ4n) is 2.32. The number of hydrogen-bond donors (Lipinski definition) is 2. The summed E-state index contributed by atoms with van der Waals surface area (Å²) in [5, 5.41) is 5.33. The van der Waals surface area contributed by atoms with Crippen LogP contribution in [0.25, 0.3) is 0 Å². The average molecular weight is 305 g/mol. The number of rotatable bonds is 4. The molecule has 0 radical (unpaired) electrons. The highest BCUT2D eigenvalue weighted by molar-refractivity contribution is 7.89. The predicted molar refractivity (Wildman–Crippen MR) is 86.1 cm³/mol. The number of benzene rings is 2.